The molecular weight excluding hydrogens is 398 g/mol. The third-order valence-electron chi connectivity index (χ3n) is 4.60. The minimum atomic E-state index is 0.107. The molecule has 0 spiro atoms. The van der Waals surface area contributed by atoms with Gasteiger partial charge in [0.15, 0.2) is 0 Å². The van der Waals surface area contributed by atoms with Crippen molar-refractivity contribution in [2.24, 2.45) is 0 Å². The topological polar surface area (TPSA) is 4.36 Å². The van der Waals surface area contributed by atoms with Crippen molar-refractivity contribution in [3.8, 4) is 11.8 Å². The molecule has 0 unspecified atom stereocenters. The van der Waals surface area contributed by atoms with E-state index in [0.29, 0.717) is 0 Å². The van der Waals surface area contributed by atoms with Crippen LogP contribution in [-0.2, 0) is 30.3 Å². The predicted molar refractivity (Wildman–Crippen MR) is 109 cm³/mol. The molecule has 135 valence electrons. The number of aryl methyl sites for hydroxylation is 2. The molecule has 0 aliphatic heterocycles. The molecule has 0 bridgehead atoms. The van der Waals surface area contributed by atoms with Gasteiger partial charge in [-0.3, -0.25) is 0 Å². The van der Waals surface area contributed by atoms with E-state index in [1.165, 1.54) is 22.3 Å². The van der Waals surface area contributed by atoms with Crippen LogP contribution in [0.1, 0.15) is 74.9 Å². The predicted octanol–water partition coefficient (Wildman–Crippen LogP) is 6.77. The Hall–Kier alpha value is -1.60. The fourth-order valence-corrected chi connectivity index (χ4v) is 3.59. The summed E-state index contributed by atoms with van der Waals surface area (Å²) in [5.74, 6) is 6.76. The van der Waals surface area contributed by atoms with Crippen LogP contribution < -0.4 is 0 Å². The third-order valence-corrected chi connectivity index (χ3v) is 5.05. The van der Waals surface area contributed by atoms with Crippen LogP contribution >= 0.6 is 0 Å². The van der Waals surface area contributed by atoms with Gasteiger partial charge >= 0.3 is 170 Å². The molecule has 2 aromatic carbocycles. The molecule has 1 nitrogen and oxygen atoms in total. The molecule has 2 heteroatoms. The summed E-state index contributed by atoms with van der Waals surface area (Å²) in [5.41, 5.74) is 8.45. The van der Waals surface area contributed by atoms with Crippen molar-refractivity contribution < 1.29 is 19.4 Å². The van der Waals surface area contributed by atoms with E-state index < -0.39 is 0 Å². The summed E-state index contributed by atoms with van der Waals surface area (Å²) in [4.78, 5) is 0. The Morgan fingerprint density at radius 3 is 1.42 bits per heavy atom. The Kier molecular flexibility index (Phi) is 6.02. The van der Waals surface area contributed by atoms with E-state index >= 15 is 0 Å². The van der Waals surface area contributed by atoms with Gasteiger partial charge in [0.1, 0.15) is 0 Å². The summed E-state index contributed by atoms with van der Waals surface area (Å²) in [6.07, 6.45) is 0. The van der Waals surface area contributed by atoms with Gasteiger partial charge in [-0.1, -0.05) is 0 Å². The summed E-state index contributed by atoms with van der Waals surface area (Å²) >= 11 is 1.77. The van der Waals surface area contributed by atoms with Crippen LogP contribution in [0.5, 0.6) is 0 Å². The monoisotopic (exact) mass is 429 g/mol. The zero-order valence-corrected chi connectivity index (χ0v) is 19.2. The molecule has 0 fully saturated rings. The average Bonchev–Trinajstić information content (AvgIpc) is 2.51. The Bertz CT molecular complexity index is 880. The summed E-state index contributed by atoms with van der Waals surface area (Å²) in [6, 6.07) is 11.1. The maximum atomic E-state index is 4.37. The molecular formula is C24H29MoN+. The summed E-state index contributed by atoms with van der Waals surface area (Å²) in [7, 11) is 0. The van der Waals surface area contributed by atoms with Crippen molar-refractivity contribution in [2.75, 3.05) is 0 Å². The summed E-state index contributed by atoms with van der Waals surface area (Å²) < 4.78 is 4.37. The van der Waals surface area contributed by atoms with Gasteiger partial charge in [-0.05, 0) is 0 Å². The number of rotatable bonds is 0. The Morgan fingerprint density at radius 2 is 1.08 bits per heavy atom. The van der Waals surface area contributed by atoms with Crippen molar-refractivity contribution in [3.63, 3.8) is 0 Å². The van der Waals surface area contributed by atoms with Gasteiger partial charge in [-0.15, -0.1) is 0 Å². The molecule has 0 saturated heterocycles. The van der Waals surface area contributed by atoms with E-state index in [1.807, 2.05) is 0 Å². The van der Waals surface area contributed by atoms with Crippen LogP contribution in [-0.4, -0.2) is 0 Å². The van der Waals surface area contributed by atoms with Gasteiger partial charge in [0, 0.05) is 0 Å². The first-order chi connectivity index (χ1) is 11.9. The van der Waals surface area contributed by atoms with Gasteiger partial charge in [0.05, 0.1) is 0 Å². The quantitative estimate of drug-likeness (QED) is 0.323. The third kappa shape index (κ3) is 4.98. The molecule has 0 amide bonds. The van der Waals surface area contributed by atoms with Crippen molar-refractivity contribution in [2.45, 2.75) is 66.2 Å². The number of hydrogen-bond donors (Lipinski definition) is 0. The number of benzene rings is 2. The number of nitrogens with zero attached hydrogens (tertiary/aromatic N) is 1. The molecule has 2 aromatic rings. The molecule has 26 heavy (non-hydrogen) atoms. The van der Waals surface area contributed by atoms with Crippen molar-refractivity contribution in [1.82, 2.24) is 0 Å². The fraction of sp³-hybridized carbons (Fsp3) is 0.417. The minimum absolute atomic E-state index is 0.107. The molecule has 0 aliphatic rings. The molecule has 0 aromatic heterocycles. The summed E-state index contributed by atoms with van der Waals surface area (Å²) in [6.45, 7) is 17.7. The van der Waals surface area contributed by atoms with Crippen molar-refractivity contribution in [3.05, 3.63) is 67.0 Å². The number of hydrogen-bond acceptors (Lipinski definition) is 0. The molecule has 0 radical (unpaired) electrons. The van der Waals surface area contributed by atoms with Gasteiger partial charge in [-0.25, -0.2) is 0 Å². The fourth-order valence-electron chi connectivity index (χ4n) is 2.88. The second-order valence-corrected chi connectivity index (χ2v) is 9.55. The average molecular weight is 427 g/mol. The SMILES string of the molecule is Cc1cc(C#Cc2cc(C(C)(C)C)cc(C(C)(C)C)c2)cc(C)c1[N+]#[Mo]. The molecule has 0 heterocycles. The first kappa shape index (κ1) is 20.7. The van der Waals surface area contributed by atoms with Crippen LogP contribution in [0.25, 0.3) is 3.31 Å². The van der Waals surface area contributed by atoms with Crippen LogP contribution in [0.3, 0.4) is 0 Å². The Labute approximate surface area is 170 Å². The van der Waals surface area contributed by atoms with Crippen LogP contribution in [0.15, 0.2) is 30.3 Å². The van der Waals surface area contributed by atoms with E-state index in [1.54, 1.807) is 19.4 Å². The van der Waals surface area contributed by atoms with Crippen LogP contribution in [0.4, 0.5) is 5.69 Å². The second-order valence-electron chi connectivity index (χ2n) is 9.10. The van der Waals surface area contributed by atoms with E-state index in [2.05, 4.69) is 101 Å². The Morgan fingerprint density at radius 1 is 0.692 bits per heavy atom. The van der Waals surface area contributed by atoms with Gasteiger partial charge in [0.2, 0.25) is 0 Å². The van der Waals surface area contributed by atoms with Gasteiger partial charge in [0.25, 0.3) is 0 Å². The molecule has 0 atom stereocenters. The standard InChI is InChI=1S/C24H29N.Mo/c1-16-11-18(12-17(2)22(16)25)9-10-19-13-20(23(3,4)5)15-21(14-19)24(6,7)8;/h11-15H,1-8H3;/q+1;. The molecule has 0 saturated carbocycles. The molecule has 0 aliphatic carbocycles. The van der Waals surface area contributed by atoms with E-state index in [9.17, 15) is 0 Å². The normalized spacial score (nSPS) is 11.5. The second kappa shape index (κ2) is 7.56. The van der Waals surface area contributed by atoms with Crippen molar-refractivity contribution in [1.29, 1.82) is 0 Å². The molecule has 0 N–H and O–H groups in total. The van der Waals surface area contributed by atoms with Gasteiger partial charge in [-0.2, -0.15) is 0 Å². The molecule has 2 rings (SSSR count). The van der Waals surface area contributed by atoms with E-state index in [-0.39, 0.29) is 10.8 Å². The van der Waals surface area contributed by atoms with E-state index in [4.69, 9.17) is 0 Å². The van der Waals surface area contributed by atoms with Crippen molar-refractivity contribution >= 4 is 5.69 Å². The maximum absolute atomic E-state index is 4.37. The summed E-state index contributed by atoms with van der Waals surface area (Å²) in [5, 5.41) is 0. The zero-order valence-electron chi connectivity index (χ0n) is 17.2. The van der Waals surface area contributed by atoms with E-state index in [0.717, 1.165) is 16.8 Å². The van der Waals surface area contributed by atoms with Crippen LogP contribution in [0.2, 0.25) is 0 Å². The van der Waals surface area contributed by atoms with Gasteiger partial charge < -0.3 is 0 Å². The Balaban J connectivity index is 2.55. The first-order valence-electron chi connectivity index (χ1n) is 9.04. The first-order valence-corrected chi connectivity index (χ1v) is 9.94. The zero-order chi connectivity index (χ0) is 19.7. The van der Waals surface area contributed by atoms with Crippen LogP contribution in [0, 0.1) is 25.7 Å².